The molecule has 0 N–H and O–H groups in total. The summed E-state index contributed by atoms with van der Waals surface area (Å²) >= 11 is 2.51. The van der Waals surface area contributed by atoms with Gasteiger partial charge < -0.3 is 0 Å². The summed E-state index contributed by atoms with van der Waals surface area (Å²) in [7, 11) is 0. The van der Waals surface area contributed by atoms with E-state index in [1.165, 1.54) is 11.3 Å². The van der Waals surface area contributed by atoms with Crippen molar-refractivity contribution in [2.45, 2.75) is 11.3 Å². The Morgan fingerprint density at radius 1 is 1.64 bits per heavy atom. The molecule has 0 fully saturated rings. The highest BCUT2D eigenvalue weighted by Crippen LogP contribution is 2.21. The number of thioether (sulfide) groups is 1. The molecule has 4 nitrogen and oxygen atoms in total. The molecular weight excluding hydrogens is 184 g/mol. The minimum atomic E-state index is -1.08. The number of carbonyl (C=O) groups excluding carboxylic acids is 1. The van der Waals surface area contributed by atoms with E-state index in [2.05, 4.69) is 10.2 Å². The fraction of sp³-hybridized carbons (Fsp3) is 0.400. The van der Waals surface area contributed by atoms with Gasteiger partial charge in [-0.15, -0.1) is 10.2 Å². The van der Waals surface area contributed by atoms with Crippen LogP contribution in [-0.4, -0.2) is 21.9 Å². The van der Waals surface area contributed by atoms with Crippen molar-refractivity contribution in [1.82, 2.24) is 10.2 Å². The first-order chi connectivity index (χ1) is 5.18. The summed E-state index contributed by atoms with van der Waals surface area (Å²) in [4.78, 5) is 10.0. The molecule has 1 aromatic rings. The van der Waals surface area contributed by atoms with Crippen molar-refractivity contribution in [3.05, 3.63) is 5.01 Å². The van der Waals surface area contributed by atoms with E-state index in [4.69, 9.17) is 0 Å². The van der Waals surface area contributed by atoms with Crippen molar-refractivity contribution < 1.29 is 9.90 Å². The van der Waals surface area contributed by atoms with Crippen molar-refractivity contribution in [2.24, 2.45) is 0 Å². The van der Waals surface area contributed by atoms with E-state index in [0.717, 1.165) is 16.8 Å². The second-order valence-corrected chi connectivity index (χ2v) is 4.15. The van der Waals surface area contributed by atoms with E-state index in [0.29, 0.717) is 4.34 Å². The molecule has 0 spiro atoms. The second kappa shape index (κ2) is 3.68. The third-order valence-electron chi connectivity index (χ3n) is 0.821. The molecule has 0 bridgehead atoms. The quantitative estimate of drug-likeness (QED) is 0.662. The van der Waals surface area contributed by atoms with E-state index in [9.17, 15) is 9.90 Å². The van der Waals surface area contributed by atoms with Crippen LogP contribution in [0.5, 0.6) is 0 Å². The molecule has 0 amide bonds. The fourth-order valence-electron chi connectivity index (χ4n) is 0.457. The van der Waals surface area contributed by atoms with E-state index in [1.807, 2.05) is 6.92 Å². The van der Waals surface area contributed by atoms with Crippen molar-refractivity contribution in [3.63, 3.8) is 0 Å². The topological polar surface area (TPSA) is 62.8 Å². The normalized spacial score (nSPS) is 9.91. The molecule has 6 heteroatoms. The third kappa shape index (κ3) is 2.85. The summed E-state index contributed by atoms with van der Waals surface area (Å²) in [5.74, 6) is -1.14. The zero-order chi connectivity index (χ0) is 8.27. The van der Waals surface area contributed by atoms with Gasteiger partial charge in [0.05, 0.1) is 0 Å². The van der Waals surface area contributed by atoms with Crippen LogP contribution in [0, 0.1) is 6.92 Å². The molecule has 1 radical (unpaired) electrons. The number of aryl methyl sites for hydroxylation is 1. The Kier molecular flexibility index (Phi) is 2.84. The lowest BCUT2D eigenvalue weighted by molar-refractivity contribution is -0.139. The highest BCUT2D eigenvalue weighted by Gasteiger charge is 2.05. The smallest absolute Gasteiger partial charge is 0.246 e. The molecule has 0 aliphatic carbocycles. The van der Waals surface area contributed by atoms with Gasteiger partial charge in [-0.1, -0.05) is 23.1 Å². The van der Waals surface area contributed by atoms with Crippen LogP contribution in [0.3, 0.4) is 0 Å². The van der Waals surface area contributed by atoms with Crippen LogP contribution in [-0.2, 0) is 9.90 Å². The molecule has 0 saturated heterocycles. The molecule has 0 aliphatic heterocycles. The summed E-state index contributed by atoms with van der Waals surface area (Å²) in [6, 6.07) is 0. The number of nitrogens with zero attached hydrogens (tertiary/aromatic N) is 2. The van der Waals surface area contributed by atoms with Crippen LogP contribution in [0.1, 0.15) is 5.01 Å². The largest absolute Gasteiger partial charge is 0.365 e. The molecule has 0 atom stereocenters. The Morgan fingerprint density at radius 2 is 2.36 bits per heavy atom. The maximum absolute atomic E-state index is 10.0. The Hall–Kier alpha value is -0.620. The van der Waals surface area contributed by atoms with E-state index < -0.39 is 5.97 Å². The SMILES string of the molecule is Cc1nnc(SCC([O])=O)s1. The van der Waals surface area contributed by atoms with Crippen LogP contribution in [0.4, 0.5) is 0 Å². The van der Waals surface area contributed by atoms with Crippen LogP contribution >= 0.6 is 23.1 Å². The van der Waals surface area contributed by atoms with Gasteiger partial charge in [0, 0.05) is 0 Å². The minimum Gasteiger partial charge on any atom is -0.246 e. The van der Waals surface area contributed by atoms with Crippen molar-refractivity contribution in [1.29, 1.82) is 0 Å². The molecule has 0 aromatic carbocycles. The molecule has 59 valence electrons. The maximum atomic E-state index is 10.0. The zero-order valence-corrected chi connectivity index (χ0v) is 7.37. The van der Waals surface area contributed by atoms with Gasteiger partial charge >= 0.3 is 5.97 Å². The summed E-state index contributed by atoms with van der Waals surface area (Å²) < 4.78 is 0.673. The van der Waals surface area contributed by atoms with E-state index in [-0.39, 0.29) is 5.75 Å². The summed E-state index contributed by atoms with van der Waals surface area (Å²) in [5.41, 5.74) is 0. The number of aromatic nitrogens is 2. The van der Waals surface area contributed by atoms with Gasteiger partial charge in [0.15, 0.2) is 4.34 Å². The standard InChI is InChI=1S/C5H5N2O2S2/c1-3-6-7-5(11-3)10-2-4(8)9/h2H2,1H3. The van der Waals surface area contributed by atoms with Gasteiger partial charge in [0.1, 0.15) is 10.8 Å². The van der Waals surface area contributed by atoms with E-state index >= 15 is 0 Å². The number of hydrogen-bond acceptors (Lipinski definition) is 5. The summed E-state index contributed by atoms with van der Waals surface area (Å²) in [6.07, 6.45) is 0. The highest BCUT2D eigenvalue weighted by molar-refractivity contribution is 8.01. The first-order valence-corrected chi connectivity index (χ1v) is 4.61. The molecule has 11 heavy (non-hydrogen) atoms. The number of carbonyl (C=O) groups is 1. The molecule has 0 aliphatic rings. The lowest BCUT2D eigenvalue weighted by atomic mass is 10.8. The van der Waals surface area contributed by atoms with Gasteiger partial charge in [0.25, 0.3) is 0 Å². The van der Waals surface area contributed by atoms with Gasteiger partial charge in [-0.25, -0.2) is 9.90 Å². The minimum absolute atomic E-state index is 0.0609. The first kappa shape index (κ1) is 8.48. The molecule has 1 heterocycles. The molecule has 0 unspecified atom stereocenters. The average molecular weight is 189 g/mol. The lowest BCUT2D eigenvalue weighted by Gasteiger charge is -1.85. The fourth-order valence-corrected chi connectivity index (χ4v) is 1.99. The molecule has 1 rings (SSSR count). The van der Waals surface area contributed by atoms with E-state index in [1.54, 1.807) is 0 Å². The second-order valence-electron chi connectivity index (χ2n) is 1.75. The van der Waals surface area contributed by atoms with Crippen LogP contribution in [0.15, 0.2) is 4.34 Å². The molecule has 0 saturated carbocycles. The van der Waals surface area contributed by atoms with Crippen LogP contribution < -0.4 is 0 Å². The summed E-state index contributed by atoms with van der Waals surface area (Å²) in [6.45, 7) is 1.82. The predicted octanol–water partition coefficient (Wildman–Crippen LogP) is 0.896. The van der Waals surface area contributed by atoms with Crippen molar-refractivity contribution in [3.8, 4) is 0 Å². The Balaban J connectivity index is 2.45. The monoisotopic (exact) mass is 189 g/mol. The first-order valence-electron chi connectivity index (χ1n) is 2.81. The number of hydrogen-bond donors (Lipinski definition) is 0. The zero-order valence-electron chi connectivity index (χ0n) is 5.73. The van der Waals surface area contributed by atoms with Crippen LogP contribution in [0.25, 0.3) is 0 Å². The Morgan fingerprint density at radius 3 is 2.82 bits per heavy atom. The lowest BCUT2D eigenvalue weighted by Crippen LogP contribution is -1.94. The molecule has 1 aromatic heterocycles. The average Bonchev–Trinajstić information content (AvgIpc) is 2.31. The predicted molar refractivity (Wildman–Crippen MR) is 41.1 cm³/mol. The van der Waals surface area contributed by atoms with Crippen molar-refractivity contribution in [2.75, 3.05) is 5.75 Å². The number of rotatable bonds is 3. The maximum Gasteiger partial charge on any atom is 0.365 e. The Bertz CT molecular complexity index is 261. The van der Waals surface area contributed by atoms with Gasteiger partial charge in [0.2, 0.25) is 0 Å². The van der Waals surface area contributed by atoms with Crippen molar-refractivity contribution >= 4 is 29.1 Å². The molecular formula is C5H5N2O2S2. The Labute approximate surface area is 71.7 Å². The van der Waals surface area contributed by atoms with Gasteiger partial charge in [-0.05, 0) is 6.92 Å². The van der Waals surface area contributed by atoms with Gasteiger partial charge in [-0.3, -0.25) is 0 Å². The summed E-state index contributed by atoms with van der Waals surface area (Å²) in [5, 5.41) is 18.3. The highest BCUT2D eigenvalue weighted by atomic mass is 32.2. The van der Waals surface area contributed by atoms with Crippen LogP contribution in [0.2, 0.25) is 0 Å². The third-order valence-corrected chi connectivity index (χ3v) is 2.77. The van der Waals surface area contributed by atoms with Gasteiger partial charge in [-0.2, -0.15) is 0 Å².